The maximum Gasteiger partial charge on any atom is 0.333 e. The predicted octanol–water partition coefficient (Wildman–Crippen LogP) is 7.09. The molecular weight excluding hydrogens is 567 g/mol. The Balaban J connectivity index is 1.58. The topological polar surface area (TPSA) is 67.9 Å². The number of urea groups is 1. The monoisotopic (exact) mass is 580 g/mol. The zero-order valence-electron chi connectivity index (χ0n) is 17.6. The fraction of sp³-hybridized carbons (Fsp3) is 0.0833. The molecular formula is C24H16BrCl3N2O4. The first-order chi connectivity index (χ1) is 16.3. The number of amides is 3. The standard InChI is InChI=1S/C24H16BrCl3N2O4/c1-33-21-9-14(17(25)11-22(21)34-12-13-5-6-18(27)19(28)7-13)8-20-23(31)30(24(32)29-20)16-4-2-3-15(26)10-16/h2-11H,12H2,1H3,(H,29,32)/b20-8+. The van der Waals surface area contributed by atoms with Gasteiger partial charge in [-0.25, -0.2) is 9.69 Å². The lowest BCUT2D eigenvalue weighted by Gasteiger charge is -2.13. The van der Waals surface area contributed by atoms with Gasteiger partial charge in [-0.15, -0.1) is 0 Å². The minimum absolute atomic E-state index is 0.109. The van der Waals surface area contributed by atoms with Crippen molar-refractivity contribution in [2.75, 3.05) is 12.0 Å². The van der Waals surface area contributed by atoms with Gasteiger partial charge in [0.2, 0.25) is 0 Å². The third-order valence-corrected chi connectivity index (χ3v) is 6.57. The average molecular weight is 583 g/mol. The third kappa shape index (κ3) is 5.18. The molecule has 10 heteroatoms. The summed E-state index contributed by atoms with van der Waals surface area (Å²) in [6, 6.07) is 14.6. The van der Waals surface area contributed by atoms with E-state index >= 15 is 0 Å². The van der Waals surface area contributed by atoms with Gasteiger partial charge in [0.25, 0.3) is 5.91 Å². The van der Waals surface area contributed by atoms with Gasteiger partial charge in [-0.2, -0.15) is 0 Å². The smallest absolute Gasteiger partial charge is 0.333 e. The lowest BCUT2D eigenvalue weighted by Crippen LogP contribution is -2.30. The normalized spacial score (nSPS) is 14.5. The Morgan fingerprint density at radius 1 is 1.00 bits per heavy atom. The molecule has 0 aromatic heterocycles. The summed E-state index contributed by atoms with van der Waals surface area (Å²) < 4.78 is 12.0. The van der Waals surface area contributed by atoms with Gasteiger partial charge < -0.3 is 14.8 Å². The second-order valence-corrected chi connectivity index (χ2v) is 9.28. The highest BCUT2D eigenvalue weighted by Crippen LogP contribution is 2.36. The van der Waals surface area contributed by atoms with Gasteiger partial charge in [0.05, 0.1) is 22.8 Å². The molecule has 0 spiro atoms. The lowest BCUT2D eigenvalue weighted by atomic mass is 10.1. The highest BCUT2D eigenvalue weighted by atomic mass is 79.9. The first-order valence-corrected chi connectivity index (χ1v) is 11.8. The van der Waals surface area contributed by atoms with Gasteiger partial charge in [-0.05, 0) is 59.7 Å². The molecule has 34 heavy (non-hydrogen) atoms. The Morgan fingerprint density at radius 3 is 2.50 bits per heavy atom. The van der Waals surface area contributed by atoms with E-state index in [0.717, 1.165) is 10.5 Å². The van der Waals surface area contributed by atoms with Crippen molar-refractivity contribution in [2.45, 2.75) is 6.61 Å². The SMILES string of the molecule is COc1cc(/C=C2/NC(=O)N(c3cccc(Cl)c3)C2=O)c(Br)cc1OCc1ccc(Cl)c(Cl)c1. The van der Waals surface area contributed by atoms with Gasteiger partial charge in [0.1, 0.15) is 12.3 Å². The van der Waals surface area contributed by atoms with Crippen LogP contribution in [0.2, 0.25) is 15.1 Å². The molecule has 0 aliphatic carbocycles. The number of carbonyl (C=O) groups is 2. The molecule has 1 saturated heterocycles. The molecule has 1 aliphatic heterocycles. The summed E-state index contributed by atoms with van der Waals surface area (Å²) in [7, 11) is 1.51. The molecule has 1 heterocycles. The van der Waals surface area contributed by atoms with Crippen molar-refractivity contribution in [3.8, 4) is 11.5 Å². The van der Waals surface area contributed by atoms with Crippen LogP contribution in [0.5, 0.6) is 11.5 Å². The second kappa shape index (κ2) is 10.3. The number of hydrogen-bond acceptors (Lipinski definition) is 4. The number of nitrogens with one attached hydrogen (secondary N) is 1. The van der Waals surface area contributed by atoms with E-state index in [9.17, 15) is 9.59 Å². The summed E-state index contributed by atoms with van der Waals surface area (Å²) >= 11 is 21.5. The lowest BCUT2D eigenvalue weighted by molar-refractivity contribution is -0.113. The maximum atomic E-state index is 12.9. The van der Waals surface area contributed by atoms with Crippen molar-refractivity contribution >= 4 is 74.4 Å². The molecule has 1 N–H and O–H groups in total. The van der Waals surface area contributed by atoms with Crippen LogP contribution in [0.25, 0.3) is 6.08 Å². The molecule has 3 aromatic rings. The number of hydrogen-bond donors (Lipinski definition) is 1. The highest BCUT2D eigenvalue weighted by molar-refractivity contribution is 9.10. The molecule has 0 saturated carbocycles. The number of methoxy groups -OCH3 is 1. The number of rotatable bonds is 6. The summed E-state index contributed by atoms with van der Waals surface area (Å²) in [6.07, 6.45) is 1.56. The van der Waals surface area contributed by atoms with Crippen LogP contribution in [-0.4, -0.2) is 19.0 Å². The van der Waals surface area contributed by atoms with Gasteiger partial charge in [-0.1, -0.05) is 62.9 Å². The molecule has 0 bridgehead atoms. The Hall–Kier alpha value is -2.71. The van der Waals surface area contributed by atoms with E-state index in [1.807, 2.05) is 6.07 Å². The Labute approximate surface area is 219 Å². The number of ether oxygens (including phenoxy) is 2. The number of nitrogens with zero attached hydrogens (tertiary/aromatic N) is 1. The summed E-state index contributed by atoms with van der Waals surface area (Å²) in [6.45, 7) is 0.239. The maximum absolute atomic E-state index is 12.9. The Morgan fingerprint density at radius 2 is 1.79 bits per heavy atom. The van der Waals surface area contributed by atoms with E-state index in [1.54, 1.807) is 54.6 Å². The number of halogens is 4. The Bertz CT molecular complexity index is 1330. The van der Waals surface area contributed by atoms with Crippen LogP contribution in [-0.2, 0) is 11.4 Å². The molecule has 0 unspecified atom stereocenters. The zero-order chi connectivity index (χ0) is 24.4. The number of benzene rings is 3. The highest BCUT2D eigenvalue weighted by Gasteiger charge is 2.35. The molecule has 174 valence electrons. The quantitative estimate of drug-likeness (QED) is 0.249. The molecule has 0 atom stereocenters. The molecule has 4 rings (SSSR count). The first kappa shape index (κ1) is 24.4. The molecule has 1 aliphatic rings. The Kier molecular flexibility index (Phi) is 7.38. The molecule has 3 amide bonds. The van der Waals surface area contributed by atoms with Gasteiger partial charge in [0.15, 0.2) is 11.5 Å². The first-order valence-electron chi connectivity index (χ1n) is 9.84. The van der Waals surface area contributed by atoms with Crippen LogP contribution < -0.4 is 19.7 Å². The van der Waals surface area contributed by atoms with E-state index in [2.05, 4.69) is 21.2 Å². The predicted molar refractivity (Wildman–Crippen MR) is 137 cm³/mol. The van der Waals surface area contributed by atoms with E-state index in [4.69, 9.17) is 44.3 Å². The molecule has 0 radical (unpaired) electrons. The van der Waals surface area contributed by atoms with Crippen molar-refractivity contribution < 1.29 is 19.1 Å². The summed E-state index contributed by atoms with van der Waals surface area (Å²) in [4.78, 5) is 26.4. The third-order valence-electron chi connectivity index (χ3n) is 4.91. The van der Waals surface area contributed by atoms with E-state index in [1.165, 1.54) is 7.11 Å². The molecule has 3 aromatic carbocycles. The molecule has 1 fully saturated rings. The summed E-state index contributed by atoms with van der Waals surface area (Å²) in [5, 5.41) is 3.91. The van der Waals surface area contributed by atoms with Crippen LogP contribution in [0.15, 0.2) is 64.8 Å². The fourth-order valence-electron chi connectivity index (χ4n) is 3.26. The second-order valence-electron chi connectivity index (χ2n) is 7.17. The van der Waals surface area contributed by atoms with Gasteiger partial charge in [-0.3, -0.25) is 4.79 Å². The van der Waals surface area contributed by atoms with Gasteiger partial charge in [0, 0.05) is 9.50 Å². The van der Waals surface area contributed by atoms with Crippen molar-refractivity contribution in [1.29, 1.82) is 0 Å². The average Bonchev–Trinajstić information content (AvgIpc) is 3.08. The minimum Gasteiger partial charge on any atom is -0.493 e. The van der Waals surface area contributed by atoms with Crippen LogP contribution in [0, 0.1) is 0 Å². The van der Waals surface area contributed by atoms with Crippen LogP contribution >= 0.6 is 50.7 Å². The van der Waals surface area contributed by atoms with Crippen LogP contribution in [0.3, 0.4) is 0 Å². The number of imide groups is 1. The van der Waals surface area contributed by atoms with Crippen molar-refractivity contribution in [3.05, 3.63) is 91.0 Å². The number of carbonyl (C=O) groups excluding carboxylic acids is 2. The van der Waals surface area contributed by atoms with Gasteiger partial charge >= 0.3 is 6.03 Å². The summed E-state index contributed by atoms with van der Waals surface area (Å²) in [5.74, 6) is 0.418. The van der Waals surface area contributed by atoms with Crippen molar-refractivity contribution in [3.63, 3.8) is 0 Å². The number of anilines is 1. The largest absolute Gasteiger partial charge is 0.493 e. The van der Waals surface area contributed by atoms with Crippen LogP contribution in [0.1, 0.15) is 11.1 Å². The fourth-order valence-corrected chi connectivity index (χ4v) is 4.21. The van der Waals surface area contributed by atoms with Crippen LogP contribution in [0.4, 0.5) is 10.5 Å². The van der Waals surface area contributed by atoms with E-state index < -0.39 is 11.9 Å². The summed E-state index contributed by atoms with van der Waals surface area (Å²) in [5.41, 5.74) is 1.92. The van der Waals surface area contributed by atoms with Crippen molar-refractivity contribution in [2.24, 2.45) is 0 Å². The van der Waals surface area contributed by atoms with E-state index in [0.29, 0.717) is 42.3 Å². The van der Waals surface area contributed by atoms with E-state index in [-0.39, 0.29) is 12.3 Å². The zero-order valence-corrected chi connectivity index (χ0v) is 21.4. The molecule has 6 nitrogen and oxygen atoms in total. The van der Waals surface area contributed by atoms with Crippen molar-refractivity contribution in [1.82, 2.24) is 5.32 Å². The minimum atomic E-state index is -0.566.